The van der Waals surface area contributed by atoms with Gasteiger partial charge in [0.15, 0.2) is 12.3 Å². The van der Waals surface area contributed by atoms with Crippen molar-refractivity contribution in [2.45, 2.75) is 167 Å². The molecule has 46 heavy (non-hydrogen) atoms. The van der Waals surface area contributed by atoms with E-state index in [1.807, 2.05) is 24.3 Å². The predicted molar refractivity (Wildman–Crippen MR) is 178 cm³/mol. The summed E-state index contributed by atoms with van der Waals surface area (Å²) in [6.07, 6.45) is 13.9. The van der Waals surface area contributed by atoms with Gasteiger partial charge in [-0.3, -0.25) is 0 Å². The first kappa shape index (κ1) is 38.1. The number of carbonyl (C=O) groups excluding carboxylic acids is 2. The second-order valence-corrected chi connectivity index (χ2v) is 13.6. The Morgan fingerprint density at radius 2 is 0.935 bits per heavy atom. The zero-order chi connectivity index (χ0) is 33.0. The van der Waals surface area contributed by atoms with Crippen LogP contribution < -0.4 is 9.47 Å². The molecule has 0 aliphatic heterocycles. The fourth-order valence-corrected chi connectivity index (χ4v) is 6.46. The first-order chi connectivity index (χ1) is 22.4. The first-order valence-electron chi connectivity index (χ1n) is 18.4. The van der Waals surface area contributed by atoms with Gasteiger partial charge >= 0.3 is 11.9 Å². The smallest absolute Gasteiger partial charge is 0.340 e. The van der Waals surface area contributed by atoms with Gasteiger partial charge in [0.1, 0.15) is 23.7 Å². The van der Waals surface area contributed by atoms with Gasteiger partial charge in [0.2, 0.25) is 0 Å². The van der Waals surface area contributed by atoms with E-state index in [9.17, 15) is 18.4 Å². The quantitative estimate of drug-likeness (QED) is 0.0919. The molecule has 0 unspecified atom stereocenters. The summed E-state index contributed by atoms with van der Waals surface area (Å²) in [6, 6.07) is 7.67. The average Bonchev–Trinajstić information content (AvgIpc) is 3.07. The van der Waals surface area contributed by atoms with Crippen LogP contribution >= 0.6 is 0 Å². The molecule has 2 atom stereocenters. The van der Waals surface area contributed by atoms with Crippen LogP contribution in [-0.4, -0.2) is 49.7 Å². The molecule has 3 rings (SSSR count). The van der Waals surface area contributed by atoms with Crippen LogP contribution in [0.25, 0.3) is 0 Å². The Bertz CT molecular complexity index is 879. The molecule has 8 heteroatoms. The fraction of sp³-hybridized carbons (Fsp3) is 0.789. The van der Waals surface area contributed by atoms with Crippen LogP contribution in [0.1, 0.15) is 142 Å². The molecule has 6 nitrogen and oxygen atoms in total. The van der Waals surface area contributed by atoms with E-state index < -0.39 is 24.3 Å². The molecule has 0 spiro atoms. The third-order valence-electron chi connectivity index (χ3n) is 9.58. The lowest BCUT2D eigenvalue weighted by Crippen LogP contribution is -2.30. The largest absolute Gasteiger partial charge is 0.493 e. The maximum Gasteiger partial charge on any atom is 0.340 e. The van der Waals surface area contributed by atoms with Crippen molar-refractivity contribution < 1.29 is 37.3 Å². The van der Waals surface area contributed by atoms with Gasteiger partial charge in [-0.1, -0.05) is 65.2 Å². The number of alkyl halides is 2. The van der Waals surface area contributed by atoms with Gasteiger partial charge in [0.25, 0.3) is 0 Å². The van der Waals surface area contributed by atoms with E-state index in [1.165, 1.54) is 0 Å². The molecule has 2 aliphatic rings. The van der Waals surface area contributed by atoms with Crippen molar-refractivity contribution >= 4 is 11.9 Å². The summed E-state index contributed by atoms with van der Waals surface area (Å²) in [7, 11) is 0. The number of hydrogen-bond acceptors (Lipinski definition) is 6. The highest BCUT2D eigenvalue weighted by atomic mass is 19.1. The summed E-state index contributed by atoms with van der Waals surface area (Å²) in [5.74, 6) is 0.948. The molecule has 0 bridgehead atoms. The molecule has 0 radical (unpaired) electrons. The zero-order valence-electron chi connectivity index (χ0n) is 28.5. The number of esters is 2. The van der Waals surface area contributed by atoms with E-state index in [2.05, 4.69) is 13.8 Å². The molecule has 0 aromatic heterocycles. The van der Waals surface area contributed by atoms with Gasteiger partial charge < -0.3 is 18.9 Å². The Hall–Kier alpha value is -2.38. The summed E-state index contributed by atoms with van der Waals surface area (Å²) in [5.41, 5.74) is 0. The molecule has 2 aliphatic carbocycles. The fourth-order valence-electron chi connectivity index (χ4n) is 6.46. The lowest BCUT2D eigenvalue weighted by atomic mass is 9.88. The second-order valence-electron chi connectivity index (χ2n) is 13.6. The number of hydrogen-bond donors (Lipinski definition) is 0. The van der Waals surface area contributed by atoms with E-state index in [1.54, 1.807) is 0 Å². The number of rotatable bonds is 22. The van der Waals surface area contributed by atoms with Crippen molar-refractivity contribution in [3.8, 4) is 11.5 Å². The summed E-state index contributed by atoms with van der Waals surface area (Å²) >= 11 is 0. The predicted octanol–water partition coefficient (Wildman–Crippen LogP) is 10.0. The molecule has 262 valence electrons. The van der Waals surface area contributed by atoms with Crippen molar-refractivity contribution in [2.75, 3.05) is 13.2 Å². The van der Waals surface area contributed by atoms with E-state index in [0.29, 0.717) is 25.0 Å². The third kappa shape index (κ3) is 15.0. The van der Waals surface area contributed by atoms with Crippen LogP contribution in [0.3, 0.4) is 0 Å². The molecule has 1 aromatic carbocycles. The highest BCUT2D eigenvalue weighted by Gasteiger charge is 2.29. The van der Waals surface area contributed by atoms with Crippen LogP contribution in [-0.2, 0) is 19.1 Å². The maximum atomic E-state index is 14.2. The third-order valence-corrected chi connectivity index (χ3v) is 9.58. The van der Waals surface area contributed by atoms with Gasteiger partial charge in [-0.15, -0.1) is 0 Å². The minimum absolute atomic E-state index is 0.194. The van der Waals surface area contributed by atoms with Crippen LogP contribution in [0.2, 0.25) is 0 Å². The molecular weight excluding hydrogens is 590 g/mol. The molecule has 0 heterocycles. The lowest BCUT2D eigenvalue weighted by molar-refractivity contribution is -0.158. The van der Waals surface area contributed by atoms with Crippen LogP contribution in [0.15, 0.2) is 24.3 Å². The molecule has 0 N–H and O–H groups in total. The van der Waals surface area contributed by atoms with Gasteiger partial charge in [-0.25, -0.2) is 18.4 Å². The van der Waals surface area contributed by atoms with Crippen molar-refractivity contribution in [2.24, 2.45) is 11.8 Å². The summed E-state index contributed by atoms with van der Waals surface area (Å²) in [4.78, 5) is 24.3. The standard InChI is InChI=1S/C38H60F2O6/c1-3-5-7-9-11-13-35(39)37(41)45-33-19-15-29(16-20-33)27-43-31-23-25-32(26-24-31)44-28-30-17-21-34(22-18-30)46-38(42)36(40)14-12-10-8-6-4-2/h23-26,29-30,33-36H,3-22,27-28H2,1-2H3/t29-,30-,33-,34-,35-,36-/m0/s1. The lowest BCUT2D eigenvalue weighted by Gasteiger charge is -2.29. The van der Waals surface area contributed by atoms with E-state index in [0.717, 1.165) is 127 Å². The molecule has 1 aromatic rings. The Morgan fingerprint density at radius 3 is 1.28 bits per heavy atom. The topological polar surface area (TPSA) is 71.1 Å². The summed E-state index contributed by atoms with van der Waals surface area (Å²) in [5, 5.41) is 0. The minimum atomic E-state index is -1.51. The van der Waals surface area contributed by atoms with Crippen LogP contribution in [0, 0.1) is 11.8 Å². The number of unbranched alkanes of at least 4 members (excludes halogenated alkanes) is 8. The van der Waals surface area contributed by atoms with Crippen molar-refractivity contribution in [1.82, 2.24) is 0 Å². The van der Waals surface area contributed by atoms with Gasteiger partial charge in [-0.2, -0.15) is 0 Å². The van der Waals surface area contributed by atoms with Crippen LogP contribution in [0.5, 0.6) is 11.5 Å². The highest BCUT2D eigenvalue weighted by Crippen LogP contribution is 2.30. The Morgan fingerprint density at radius 1 is 0.587 bits per heavy atom. The van der Waals surface area contributed by atoms with Crippen molar-refractivity contribution in [3.05, 3.63) is 24.3 Å². The number of ether oxygens (including phenoxy) is 4. The summed E-state index contributed by atoms with van der Waals surface area (Å²) in [6.45, 7) is 5.48. The van der Waals surface area contributed by atoms with E-state index in [-0.39, 0.29) is 25.0 Å². The first-order valence-corrected chi connectivity index (χ1v) is 18.4. The number of carbonyl (C=O) groups is 2. The average molecular weight is 651 g/mol. The zero-order valence-corrected chi connectivity index (χ0v) is 28.5. The van der Waals surface area contributed by atoms with Crippen LogP contribution in [0.4, 0.5) is 8.78 Å². The van der Waals surface area contributed by atoms with Gasteiger partial charge in [-0.05, 0) is 113 Å². The monoisotopic (exact) mass is 650 g/mol. The molecule has 2 saturated carbocycles. The van der Waals surface area contributed by atoms with E-state index >= 15 is 0 Å². The molecule has 0 amide bonds. The van der Waals surface area contributed by atoms with Crippen molar-refractivity contribution in [3.63, 3.8) is 0 Å². The number of halogens is 2. The van der Waals surface area contributed by atoms with Crippen molar-refractivity contribution in [1.29, 1.82) is 0 Å². The maximum absolute atomic E-state index is 14.2. The Labute approximate surface area is 276 Å². The SMILES string of the molecule is CCCCCCC[C@H](F)C(=O)O[C@H]1CC[C@H](COc2ccc(OC[C@H]3CC[C@H](OC(=O)[C@@H](F)CCCCCCC)CC3)cc2)CC1. The second kappa shape index (κ2) is 22.2. The highest BCUT2D eigenvalue weighted by molar-refractivity contribution is 5.75. The number of benzene rings is 1. The normalized spacial score (nSPS) is 22.9. The Kier molecular flexibility index (Phi) is 18.4. The molecule has 0 saturated heterocycles. The van der Waals surface area contributed by atoms with Gasteiger partial charge in [0.05, 0.1) is 13.2 Å². The molecule has 2 fully saturated rings. The Balaban J connectivity index is 1.23. The van der Waals surface area contributed by atoms with Gasteiger partial charge in [0, 0.05) is 0 Å². The minimum Gasteiger partial charge on any atom is -0.493 e. The molecular formula is C38H60F2O6. The van der Waals surface area contributed by atoms with E-state index in [4.69, 9.17) is 18.9 Å². The summed E-state index contributed by atoms with van der Waals surface area (Å²) < 4.78 is 51.4.